The van der Waals surface area contributed by atoms with Gasteiger partial charge in [-0.05, 0) is 55.5 Å². The molecule has 0 saturated carbocycles. The fourth-order valence-corrected chi connectivity index (χ4v) is 6.23. The molecular weight excluding hydrogens is 447 g/mol. The van der Waals surface area contributed by atoms with Crippen LogP contribution in [0.3, 0.4) is 0 Å². The minimum Gasteiger partial charge on any atom is -0.390 e. The molecular formula is C21H27ClF3N3O2Si. The van der Waals surface area contributed by atoms with Crippen molar-refractivity contribution in [2.45, 2.75) is 65.2 Å². The van der Waals surface area contributed by atoms with Gasteiger partial charge in [-0.15, -0.1) is 0 Å². The van der Waals surface area contributed by atoms with Gasteiger partial charge in [0.05, 0.1) is 22.3 Å². The fraction of sp³-hybridized carbons (Fsp3) is 0.619. The van der Waals surface area contributed by atoms with Crippen molar-refractivity contribution in [1.82, 2.24) is 4.90 Å². The number of alkyl halides is 3. The Hall–Kier alpha value is -1.76. The number of halogens is 4. The van der Waals surface area contributed by atoms with Crippen LogP contribution >= 0.6 is 11.6 Å². The van der Waals surface area contributed by atoms with Gasteiger partial charge in [0.25, 0.3) is 5.72 Å². The zero-order chi connectivity index (χ0) is 23.5. The van der Waals surface area contributed by atoms with Crippen LogP contribution in [0.2, 0.25) is 18.1 Å². The number of nitriles is 1. The topological polar surface area (TPSA) is 56.6 Å². The summed E-state index contributed by atoms with van der Waals surface area (Å²) in [6, 6.07) is 2.71. The predicted octanol–water partition coefficient (Wildman–Crippen LogP) is 5.46. The van der Waals surface area contributed by atoms with Gasteiger partial charge in [-0.1, -0.05) is 32.4 Å². The summed E-state index contributed by atoms with van der Waals surface area (Å²) in [5, 5.41) is 9.27. The number of urea groups is 1. The Morgan fingerprint density at radius 1 is 1.29 bits per heavy atom. The minimum absolute atomic E-state index is 0.0167. The molecule has 170 valence electrons. The predicted molar refractivity (Wildman–Crippen MR) is 116 cm³/mol. The van der Waals surface area contributed by atoms with E-state index in [9.17, 15) is 10.1 Å². The van der Waals surface area contributed by atoms with Crippen LogP contribution in [0.4, 0.5) is 23.7 Å². The lowest BCUT2D eigenvalue weighted by molar-refractivity contribution is -0.260. The Morgan fingerprint density at radius 2 is 1.90 bits per heavy atom. The number of nitrogens with zero attached hydrogens (tertiary/aromatic N) is 3. The van der Waals surface area contributed by atoms with Gasteiger partial charge in [0.15, 0.2) is 9.04 Å². The Labute approximate surface area is 187 Å². The van der Waals surface area contributed by atoms with Gasteiger partial charge in [-0.2, -0.15) is 18.4 Å². The van der Waals surface area contributed by atoms with E-state index in [0.29, 0.717) is 6.42 Å². The zero-order valence-corrected chi connectivity index (χ0v) is 20.4. The minimum atomic E-state index is -4.85. The van der Waals surface area contributed by atoms with Gasteiger partial charge < -0.3 is 9.33 Å². The normalized spacial score (nSPS) is 26.6. The number of hydrogen-bond acceptors (Lipinski definition) is 3. The van der Waals surface area contributed by atoms with Crippen LogP contribution in [0.1, 0.15) is 38.3 Å². The molecule has 2 fully saturated rings. The van der Waals surface area contributed by atoms with E-state index >= 15 is 13.2 Å². The molecule has 2 heterocycles. The molecule has 1 aromatic carbocycles. The summed E-state index contributed by atoms with van der Waals surface area (Å²) in [5.74, 6) is -0.412. The molecule has 0 N–H and O–H groups in total. The Kier molecular flexibility index (Phi) is 5.92. The van der Waals surface area contributed by atoms with Crippen molar-refractivity contribution in [2.75, 3.05) is 11.4 Å². The van der Waals surface area contributed by atoms with Crippen LogP contribution in [0.5, 0.6) is 0 Å². The highest BCUT2D eigenvalue weighted by Crippen LogP contribution is 2.56. The van der Waals surface area contributed by atoms with Crippen LogP contribution in [-0.2, 0) is 4.43 Å². The molecule has 2 saturated heterocycles. The molecule has 0 aromatic heterocycles. The smallest absolute Gasteiger partial charge is 0.390 e. The number of hydrogen-bond donors (Lipinski definition) is 0. The van der Waals surface area contributed by atoms with E-state index in [-0.39, 0.29) is 28.4 Å². The second kappa shape index (κ2) is 7.68. The molecule has 0 radical (unpaired) electrons. The number of benzene rings is 1. The molecule has 2 aliphatic rings. The highest BCUT2D eigenvalue weighted by molar-refractivity contribution is 6.48. The van der Waals surface area contributed by atoms with E-state index in [1.54, 1.807) is 13.1 Å². The molecule has 10 heteroatoms. The van der Waals surface area contributed by atoms with Gasteiger partial charge in [0.2, 0.25) is 0 Å². The lowest BCUT2D eigenvalue weighted by Crippen LogP contribution is -2.67. The number of carbonyl (C=O) groups excluding carboxylic acids is 1. The van der Waals surface area contributed by atoms with E-state index in [1.807, 2.05) is 26.8 Å². The molecule has 0 bridgehead atoms. The fourth-order valence-electron chi connectivity index (χ4n) is 4.93. The van der Waals surface area contributed by atoms with Gasteiger partial charge in [0, 0.05) is 6.54 Å². The maximum atomic E-state index is 15.1. The van der Waals surface area contributed by atoms with Crippen LogP contribution in [0.15, 0.2) is 12.1 Å². The maximum Gasteiger partial charge on any atom is 0.438 e. The summed E-state index contributed by atoms with van der Waals surface area (Å²) in [6.45, 7) is 10.8. The van der Waals surface area contributed by atoms with E-state index in [0.717, 1.165) is 4.90 Å². The lowest BCUT2D eigenvalue weighted by Gasteiger charge is -2.46. The average molecular weight is 474 g/mol. The van der Waals surface area contributed by atoms with E-state index in [1.165, 1.54) is 24.0 Å². The van der Waals surface area contributed by atoms with Crippen molar-refractivity contribution in [2.24, 2.45) is 11.3 Å². The molecule has 3 atom stereocenters. The second-order valence-electron chi connectivity index (χ2n) is 9.56. The summed E-state index contributed by atoms with van der Waals surface area (Å²) >= 11 is 6.27. The SMILES string of the molecule is Cc1c(N2C(=O)N3CC[C@H](C(C)(C)C)[C@@H]3[C@]2(O[SiH](C)C)C(F)(F)F)ccc(C#N)c1Cl. The van der Waals surface area contributed by atoms with Crippen LogP contribution in [0, 0.1) is 29.6 Å². The van der Waals surface area contributed by atoms with Crippen molar-refractivity contribution < 1.29 is 22.4 Å². The van der Waals surface area contributed by atoms with E-state index in [4.69, 9.17) is 16.0 Å². The first-order valence-corrected chi connectivity index (χ1v) is 13.4. The number of amides is 2. The molecule has 3 rings (SSSR count). The zero-order valence-electron chi connectivity index (χ0n) is 18.5. The van der Waals surface area contributed by atoms with Crippen LogP contribution < -0.4 is 4.90 Å². The number of rotatable bonds is 3. The highest BCUT2D eigenvalue weighted by atomic mass is 35.5. The number of fused-ring (bicyclic) bond motifs is 1. The first-order chi connectivity index (χ1) is 14.2. The van der Waals surface area contributed by atoms with Crippen molar-refractivity contribution >= 4 is 32.4 Å². The molecule has 0 aliphatic carbocycles. The highest BCUT2D eigenvalue weighted by Gasteiger charge is 2.76. The molecule has 5 nitrogen and oxygen atoms in total. The Bertz CT molecular complexity index is 942. The average Bonchev–Trinajstić information content (AvgIpc) is 3.16. The molecule has 2 aliphatic heterocycles. The third-order valence-corrected chi connectivity index (χ3v) is 7.54. The van der Waals surface area contributed by atoms with Crippen molar-refractivity contribution in [3.63, 3.8) is 0 Å². The number of carbonyl (C=O) groups is 1. The maximum absolute atomic E-state index is 15.1. The summed E-state index contributed by atoms with van der Waals surface area (Å²) < 4.78 is 51.0. The molecule has 0 spiro atoms. The van der Waals surface area contributed by atoms with Gasteiger partial charge in [-0.25, -0.2) is 4.79 Å². The molecule has 31 heavy (non-hydrogen) atoms. The van der Waals surface area contributed by atoms with Crippen molar-refractivity contribution in [3.8, 4) is 6.07 Å². The van der Waals surface area contributed by atoms with E-state index < -0.39 is 44.3 Å². The third-order valence-electron chi connectivity index (χ3n) is 6.22. The summed E-state index contributed by atoms with van der Waals surface area (Å²) in [7, 11) is -2.28. The van der Waals surface area contributed by atoms with E-state index in [2.05, 4.69) is 0 Å². The first-order valence-electron chi connectivity index (χ1n) is 10.2. The Balaban J connectivity index is 2.34. The third kappa shape index (κ3) is 3.53. The molecule has 2 amide bonds. The monoisotopic (exact) mass is 473 g/mol. The summed E-state index contributed by atoms with van der Waals surface area (Å²) in [6.07, 6.45) is -4.37. The van der Waals surface area contributed by atoms with Crippen LogP contribution in [-0.4, -0.2) is 44.5 Å². The van der Waals surface area contributed by atoms with Gasteiger partial charge in [0.1, 0.15) is 6.07 Å². The summed E-state index contributed by atoms with van der Waals surface area (Å²) in [4.78, 5) is 15.6. The van der Waals surface area contributed by atoms with Crippen LogP contribution in [0.25, 0.3) is 0 Å². The lowest BCUT2D eigenvalue weighted by atomic mass is 9.73. The van der Waals surface area contributed by atoms with Gasteiger partial charge >= 0.3 is 12.2 Å². The molecule has 1 aromatic rings. The largest absolute Gasteiger partial charge is 0.438 e. The molecule has 0 unspecified atom stereocenters. The standard InChI is InChI=1S/C21H27ClF3N3O2Si/c1-12-15(8-7-13(11-26)16(12)22)28-18(29)27-10-9-14(19(2,3)4)17(27)20(28,21(23,24)25)30-31(5)6/h7-8,14,17,31H,9-10H2,1-6H3/t14-,17+,20-/m0/s1. The Morgan fingerprint density at radius 3 is 2.39 bits per heavy atom. The van der Waals surface area contributed by atoms with Gasteiger partial charge in [-0.3, -0.25) is 4.90 Å². The number of anilines is 1. The van der Waals surface area contributed by atoms with Crippen molar-refractivity contribution in [3.05, 3.63) is 28.3 Å². The summed E-state index contributed by atoms with van der Waals surface area (Å²) in [5.41, 5.74) is -2.89. The van der Waals surface area contributed by atoms with Crippen molar-refractivity contribution in [1.29, 1.82) is 5.26 Å². The second-order valence-corrected chi connectivity index (χ2v) is 12.3. The quantitative estimate of drug-likeness (QED) is 0.548. The first kappa shape index (κ1) is 23.9.